The Labute approximate surface area is 120 Å². The number of nitrogens with zero attached hydrogens (tertiary/aromatic N) is 4. The molecule has 1 N–H and O–H groups in total. The summed E-state index contributed by atoms with van der Waals surface area (Å²) in [5, 5.41) is 12.0. The fraction of sp³-hybridized carbons (Fsp3) is 0.846. The maximum atomic E-state index is 4.23. The quantitative estimate of drug-likeness (QED) is 0.836. The predicted octanol–water partition coefficient (Wildman–Crippen LogP) is 0.773. The van der Waals surface area contributed by atoms with Crippen LogP contribution in [0.3, 0.4) is 0 Å². The van der Waals surface area contributed by atoms with Crippen LogP contribution in [0.5, 0.6) is 0 Å². The molecule has 0 aliphatic carbocycles. The first-order chi connectivity index (χ1) is 9.20. The minimum absolute atomic E-state index is 0.467. The molecule has 6 heteroatoms. The number of thioether (sulfide) groups is 1. The maximum Gasteiger partial charge on any atom is 0.0843 e. The SMILES string of the molecule is CCCNC(Cc1cn(C)nn1)C1CSCCN1C. The maximum absolute atomic E-state index is 4.23. The lowest BCUT2D eigenvalue weighted by atomic mass is 10.0. The van der Waals surface area contributed by atoms with E-state index >= 15 is 0 Å². The number of hydrogen-bond donors (Lipinski definition) is 1. The van der Waals surface area contributed by atoms with E-state index in [0.717, 1.165) is 18.7 Å². The Morgan fingerprint density at radius 3 is 3.00 bits per heavy atom. The van der Waals surface area contributed by atoms with Crippen LogP contribution in [0.4, 0.5) is 0 Å². The molecule has 0 bridgehead atoms. The van der Waals surface area contributed by atoms with Gasteiger partial charge in [0.2, 0.25) is 0 Å². The standard InChI is InChI=1S/C13H25N5S/c1-4-5-14-12(8-11-9-18(3)16-15-11)13-10-19-7-6-17(13)2/h9,12-14H,4-8,10H2,1-3H3. The van der Waals surface area contributed by atoms with Gasteiger partial charge in [-0.1, -0.05) is 12.1 Å². The number of nitrogens with one attached hydrogen (secondary N) is 1. The smallest absolute Gasteiger partial charge is 0.0843 e. The van der Waals surface area contributed by atoms with Crippen LogP contribution in [0.1, 0.15) is 19.0 Å². The van der Waals surface area contributed by atoms with Gasteiger partial charge < -0.3 is 10.2 Å². The summed E-state index contributed by atoms with van der Waals surface area (Å²) >= 11 is 2.06. The van der Waals surface area contributed by atoms with Crippen LogP contribution in [0, 0.1) is 0 Å². The number of likely N-dealkylation sites (N-methyl/N-ethyl adjacent to an activating group) is 1. The molecule has 2 rings (SSSR count). The van der Waals surface area contributed by atoms with Gasteiger partial charge >= 0.3 is 0 Å². The van der Waals surface area contributed by atoms with Gasteiger partial charge in [-0.25, -0.2) is 0 Å². The monoisotopic (exact) mass is 283 g/mol. The zero-order valence-corrected chi connectivity index (χ0v) is 13.0. The molecule has 108 valence electrons. The molecule has 0 spiro atoms. The van der Waals surface area contributed by atoms with E-state index in [1.165, 1.54) is 24.5 Å². The highest BCUT2D eigenvalue weighted by atomic mass is 32.2. The van der Waals surface area contributed by atoms with Crippen LogP contribution in [0.2, 0.25) is 0 Å². The van der Waals surface area contributed by atoms with E-state index in [2.05, 4.69) is 46.3 Å². The largest absolute Gasteiger partial charge is 0.312 e. The topological polar surface area (TPSA) is 46.0 Å². The third-order valence-electron chi connectivity index (χ3n) is 3.64. The second kappa shape index (κ2) is 7.26. The van der Waals surface area contributed by atoms with Crippen LogP contribution in [-0.4, -0.2) is 63.6 Å². The van der Waals surface area contributed by atoms with E-state index in [1.54, 1.807) is 4.68 Å². The Bertz CT molecular complexity index is 381. The molecule has 19 heavy (non-hydrogen) atoms. The average molecular weight is 283 g/mol. The summed E-state index contributed by atoms with van der Waals surface area (Å²) < 4.78 is 1.78. The highest BCUT2D eigenvalue weighted by Crippen LogP contribution is 2.19. The second-order valence-electron chi connectivity index (χ2n) is 5.27. The van der Waals surface area contributed by atoms with Gasteiger partial charge in [-0.3, -0.25) is 4.68 Å². The van der Waals surface area contributed by atoms with E-state index in [1.807, 2.05) is 13.2 Å². The van der Waals surface area contributed by atoms with Crippen molar-refractivity contribution in [3.05, 3.63) is 11.9 Å². The van der Waals surface area contributed by atoms with Crippen molar-refractivity contribution in [2.24, 2.45) is 7.05 Å². The van der Waals surface area contributed by atoms with Gasteiger partial charge in [-0.05, 0) is 20.0 Å². The lowest BCUT2D eigenvalue weighted by Crippen LogP contribution is -2.53. The molecule has 0 saturated carbocycles. The molecular weight excluding hydrogens is 258 g/mol. The molecule has 1 aliphatic heterocycles. The third kappa shape index (κ3) is 4.19. The van der Waals surface area contributed by atoms with Crippen molar-refractivity contribution in [1.29, 1.82) is 0 Å². The van der Waals surface area contributed by atoms with Crippen LogP contribution < -0.4 is 5.32 Å². The summed E-state index contributed by atoms with van der Waals surface area (Å²) in [4.78, 5) is 2.49. The fourth-order valence-corrected chi connectivity index (χ4v) is 3.83. The number of aromatic nitrogens is 3. The Hall–Kier alpha value is -0.590. The molecule has 5 nitrogen and oxygen atoms in total. The van der Waals surface area contributed by atoms with E-state index in [4.69, 9.17) is 0 Å². The minimum Gasteiger partial charge on any atom is -0.312 e. The molecule has 2 atom stereocenters. The van der Waals surface area contributed by atoms with Crippen LogP contribution in [0.15, 0.2) is 6.20 Å². The molecule has 1 aliphatic rings. The van der Waals surface area contributed by atoms with Crippen LogP contribution in [-0.2, 0) is 13.5 Å². The fourth-order valence-electron chi connectivity index (χ4n) is 2.52. The predicted molar refractivity (Wildman–Crippen MR) is 80.5 cm³/mol. The van der Waals surface area contributed by atoms with Crippen molar-refractivity contribution in [3.63, 3.8) is 0 Å². The molecule has 1 saturated heterocycles. The number of aryl methyl sites for hydroxylation is 1. The van der Waals surface area contributed by atoms with E-state index in [-0.39, 0.29) is 0 Å². The molecule has 0 radical (unpaired) electrons. The first-order valence-electron chi connectivity index (χ1n) is 7.07. The summed E-state index contributed by atoms with van der Waals surface area (Å²) in [5.41, 5.74) is 1.08. The second-order valence-corrected chi connectivity index (χ2v) is 6.42. The van der Waals surface area contributed by atoms with E-state index < -0.39 is 0 Å². The van der Waals surface area contributed by atoms with Gasteiger partial charge in [0.15, 0.2) is 0 Å². The van der Waals surface area contributed by atoms with Crippen molar-refractivity contribution < 1.29 is 0 Å². The molecule has 1 aromatic heterocycles. The van der Waals surface area contributed by atoms with E-state index in [0.29, 0.717) is 12.1 Å². The molecule has 1 aromatic rings. The van der Waals surface area contributed by atoms with Crippen molar-refractivity contribution >= 4 is 11.8 Å². The minimum atomic E-state index is 0.467. The lowest BCUT2D eigenvalue weighted by molar-refractivity contribution is 0.213. The third-order valence-corrected chi connectivity index (χ3v) is 4.69. The summed E-state index contributed by atoms with van der Waals surface area (Å²) in [6.45, 7) is 4.46. The zero-order chi connectivity index (χ0) is 13.7. The number of rotatable bonds is 6. The molecule has 1 fully saturated rings. The highest BCUT2D eigenvalue weighted by Gasteiger charge is 2.28. The summed E-state index contributed by atoms with van der Waals surface area (Å²) in [7, 11) is 4.16. The molecule has 2 heterocycles. The van der Waals surface area contributed by atoms with E-state index in [9.17, 15) is 0 Å². The summed E-state index contributed by atoms with van der Waals surface area (Å²) in [6.07, 6.45) is 4.15. The van der Waals surface area contributed by atoms with Crippen LogP contribution in [0.25, 0.3) is 0 Å². The summed E-state index contributed by atoms with van der Waals surface area (Å²) in [6, 6.07) is 1.06. The van der Waals surface area contributed by atoms with Gasteiger partial charge in [0.1, 0.15) is 0 Å². The van der Waals surface area contributed by atoms with Gasteiger partial charge in [0.05, 0.1) is 5.69 Å². The van der Waals surface area contributed by atoms with Crippen LogP contribution >= 0.6 is 11.8 Å². The molecule has 0 amide bonds. The van der Waals surface area contributed by atoms with Crippen molar-refractivity contribution in [2.75, 3.05) is 31.6 Å². The van der Waals surface area contributed by atoms with Gasteiger partial charge in [0, 0.05) is 49.8 Å². The Morgan fingerprint density at radius 2 is 2.37 bits per heavy atom. The Balaban J connectivity index is 2.01. The zero-order valence-electron chi connectivity index (χ0n) is 12.2. The van der Waals surface area contributed by atoms with Gasteiger partial charge in [0.25, 0.3) is 0 Å². The first-order valence-corrected chi connectivity index (χ1v) is 8.22. The molecular formula is C13H25N5S. The normalized spacial score (nSPS) is 22.6. The summed E-state index contributed by atoms with van der Waals surface area (Å²) in [5.74, 6) is 2.46. The van der Waals surface area contributed by atoms with Crippen molar-refractivity contribution in [3.8, 4) is 0 Å². The Kier molecular flexibility index (Phi) is 5.66. The van der Waals surface area contributed by atoms with Crippen molar-refractivity contribution in [2.45, 2.75) is 31.8 Å². The lowest BCUT2D eigenvalue weighted by Gasteiger charge is -2.38. The van der Waals surface area contributed by atoms with Crippen molar-refractivity contribution in [1.82, 2.24) is 25.2 Å². The highest BCUT2D eigenvalue weighted by molar-refractivity contribution is 7.99. The first kappa shape index (κ1) is 14.8. The van der Waals surface area contributed by atoms with Gasteiger partial charge in [-0.15, -0.1) is 5.10 Å². The number of hydrogen-bond acceptors (Lipinski definition) is 5. The molecule has 2 unspecified atom stereocenters. The Morgan fingerprint density at radius 1 is 1.53 bits per heavy atom. The average Bonchev–Trinajstić information content (AvgIpc) is 2.81. The molecule has 0 aromatic carbocycles. The van der Waals surface area contributed by atoms with Gasteiger partial charge in [-0.2, -0.15) is 11.8 Å².